The predicted octanol–water partition coefficient (Wildman–Crippen LogP) is 5.98. The molecule has 222 valence electrons. The largest absolute Gasteiger partial charge is 0.547 e. The van der Waals surface area contributed by atoms with Crippen molar-refractivity contribution < 1.29 is 27.2 Å². The quantitative estimate of drug-likeness (QED) is 0.210. The molecule has 1 aromatic rings. The van der Waals surface area contributed by atoms with Crippen LogP contribution in [0, 0.1) is 11.3 Å². The van der Waals surface area contributed by atoms with Crippen LogP contribution in [0.5, 0.6) is 0 Å². The number of benzene rings is 1. The SMILES string of the molecule is C=CCN(C(=O)OC(C)(C)C)[C@H]1C=C(O[Si](C)(C)C(C)(C)C)C[C@@H]2CCN(S(=O)(=O)c3ccccc3)C[C@@]21C=O. The van der Waals surface area contributed by atoms with Gasteiger partial charge in [-0.3, -0.25) is 4.90 Å². The molecule has 40 heavy (non-hydrogen) atoms. The lowest BCUT2D eigenvalue weighted by atomic mass is 9.63. The number of allylic oxidation sites excluding steroid dienone is 1. The van der Waals surface area contributed by atoms with Crippen molar-refractivity contribution in [3.63, 3.8) is 0 Å². The third kappa shape index (κ3) is 6.55. The lowest BCUT2D eigenvalue weighted by molar-refractivity contribution is -0.127. The first-order valence-corrected chi connectivity index (χ1v) is 18.2. The molecule has 1 heterocycles. The maximum Gasteiger partial charge on any atom is 0.411 e. The minimum Gasteiger partial charge on any atom is -0.547 e. The lowest BCUT2D eigenvalue weighted by Crippen LogP contribution is -2.63. The van der Waals surface area contributed by atoms with Crippen LogP contribution in [0.4, 0.5) is 4.79 Å². The number of sulfonamides is 1. The fourth-order valence-electron chi connectivity index (χ4n) is 5.20. The fraction of sp³-hybridized carbons (Fsp3) is 0.600. The Hall–Kier alpha value is -2.43. The van der Waals surface area contributed by atoms with E-state index in [0.29, 0.717) is 12.8 Å². The van der Waals surface area contributed by atoms with Crippen molar-refractivity contribution >= 4 is 30.7 Å². The van der Waals surface area contributed by atoms with E-state index in [1.54, 1.807) is 57.2 Å². The summed E-state index contributed by atoms with van der Waals surface area (Å²) in [7, 11) is -6.10. The highest BCUT2D eigenvalue weighted by Crippen LogP contribution is 2.49. The van der Waals surface area contributed by atoms with E-state index in [2.05, 4.69) is 40.4 Å². The van der Waals surface area contributed by atoms with Gasteiger partial charge in [-0.2, -0.15) is 4.31 Å². The molecule has 1 aliphatic heterocycles. The van der Waals surface area contributed by atoms with Gasteiger partial charge in [0.1, 0.15) is 11.9 Å². The van der Waals surface area contributed by atoms with Crippen LogP contribution in [0.1, 0.15) is 54.4 Å². The van der Waals surface area contributed by atoms with Gasteiger partial charge in [0.25, 0.3) is 0 Å². The van der Waals surface area contributed by atoms with E-state index in [-0.39, 0.29) is 35.5 Å². The van der Waals surface area contributed by atoms with E-state index in [1.807, 2.05) is 6.08 Å². The molecule has 10 heteroatoms. The van der Waals surface area contributed by atoms with E-state index in [1.165, 1.54) is 9.21 Å². The molecule has 1 saturated heterocycles. The van der Waals surface area contributed by atoms with Gasteiger partial charge in [0.15, 0.2) is 0 Å². The topological polar surface area (TPSA) is 93.2 Å². The summed E-state index contributed by atoms with van der Waals surface area (Å²) in [6, 6.07) is 7.45. The predicted molar refractivity (Wildman–Crippen MR) is 160 cm³/mol. The van der Waals surface area contributed by atoms with Crippen molar-refractivity contribution in [1.82, 2.24) is 9.21 Å². The molecule has 0 N–H and O–H groups in total. The minimum atomic E-state index is -3.86. The van der Waals surface area contributed by atoms with Gasteiger partial charge in [-0.1, -0.05) is 45.0 Å². The second-order valence-corrected chi connectivity index (χ2v) is 20.1. The van der Waals surface area contributed by atoms with E-state index < -0.39 is 41.5 Å². The molecule has 0 aromatic heterocycles. The zero-order valence-corrected chi connectivity index (χ0v) is 27.1. The minimum absolute atomic E-state index is 0.0522. The second-order valence-electron chi connectivity index (χ2n) is 13.4. The average molecular weight is 591 g/mol. The van der Waals surface area contributed by atoms with Crippen molar-refractivity contribution in [2.75, 3.05) is 19.6 Å². The Morgan fingerprint density at radius 2 is 1.80 bits per heavy atom. The molecule has 0 radical (unpaired) electrons. The third-order valence-corrected chi connectivity index (χ3v) is 14.6. The molecule has 2 aliphatic rings. The third-order valence-electron chi connectivity index (χ3n) is 8.36. The number of ether oxygens (including phenoxy) is 1. The van der Waals surface area contributed by atoms with Crippen molar-refractivity contribution in [3.8, 4) is 0 Å². The normalized spacial score (nSPS) is 24.4. The highest BCUT2D eigenvalue weighted by Gasteiger charge is 2.56. The summed E-state index contributed by atoms with van der Waals surface area (Å²) in [6.07, 6.45) is 4.67. The molecule has 0 spiro atoms. The molecule has 0 bridgehead atoms. The van der Waals surface area contributed by atoms with Crippen LogP contribution in [-0.4, -0.2) is 69.6 Å². The molecule has 1 fully saturated rings. The number of rotatable bonds is 8. The number of hydrogen-bond donors (Lipinski definition) is 0. The summed E-state index contributed by atoms with van der Waals surface area (Å²) >= 11 is 0. The van der Waals surface area contributed by atoms with Crippen molar-refractivity contribution in [2.45, 2.75) is 89.1 Å². The number of carbonyl (C=O) groups excluding carboxylic acids is 2. The van der Waals surface area contributed by atoms with Gasteiger partial charge in [-0.05, 0) is 69.5 Å². The lowest BCUT2D eigenvalue weighted by Gasteiger charge is -2.53. The molecule has 3 rings (SSSR count). The molecule has 1 amide bonds. The molecular formula is C30H46N2O6SSi. The monoisotopic (exact) mass is 590 g/mol. The number of nitrogens with zero attached hydrogens (tertiary/aromatic N) is 2. The molecule has 3 atom stereocenters. The molecule has 1 aliphatic carbocycles. The van der Waals surface area contributed by atoms with Crippen LogP contribution in [0.2, 0.25) is 18.1 Å². The first-order chi connectivity index (χ1) is 18.4. The Bertz CT molecular complexity index is 1230. The summed E-state index contributed by atoms with van der Waals surface area (Å²) in [5, 5.41) is -0.0539. The average Bonchev–Trinajstić information content (AvgIpc) is 2.85. The fourth-order valence-corrected chi connectivity index (χ4v) is 7.85. The molecular weight excluding hydrogens is 544 g/mol. The van der Waals surface area contributed by atoms with Gasteiger partial charge in [0.2, 0.25) is 18.3 Å². The highest BCUT2D eigenvalue weighted by atomic mass is 32.2. The Labute approximate surface area is 241 Å². The molecule has 0 saturated carbocycles. The van der Waals surface area contributed by atoms with Gasteiger partial charge < -0.3 is 14.0 Å². The van der Waals surface area contributed by atoms with Gasteiger partial charge in [-0.25, -0.2) is 13.2 Å². The summed E-state index contributed by atoms with van der Waals surface area (Å²) in [4.78, 5) is 28.5. The number of carbonyl (C=O) groups is 2. The van der Waals surface area contributed by atoms with Gasteiger partial charge in [-0.15, -0.1) is 6.58 Å². The zero-order valence-electron chi connectivity index (χ0n) is 25.3. The van der Waals surface area contributed by atoms with E-state index in [9.17, 15) is 18.0 Å². The smallest absolute Gasteiger partial charge is 0.411 e. The summed E-state index contributed by atoms with van der Waals surface area (Å²) in [6.45, 7) is 20.3. The number of fused-ring (bicyclic) bond motifs is 1. The number of aldehydes is 1. The molecule has 1 aromatic carbocycles. The van der Waals surface area contributed by atoms with Gasteiger partial charge >= 0.3 is 6.09 Å². The first-order valence-electron chi connectivity index (χ1n) is 13.9. The van der Waals surface area contributed by atoms with Crippen LogP contribution in [0.15, 0.2) is 59.7 Å². The van der Waals surface area contributed by atoms with E-state index in [0.717, 1.165) is 12.0 Å². The highest BCUT2D eigenvalue weighted by molar-refractivity contribution is 7.89. The van der Waals surface area contributed by atoms with Crippen LogP contribution < -0.4 is 0 Å². The van der Waals surface area contributed by atoms with Crippen molar-refractivity contribution in [1.29, 1.82) is 0 Å². The van der Waals surface area contributed by atoms with Crippen LogP contribution in [-0.2, 0) is 24.0 Å². The van der Waals surface area contributed by atoms with Gasteiger partial charge in [0, 0.05) is 26.1 Å². The van der Waals surface area contributed by atoms with Crippen molar-refractivity contribution in [3.05, 3.63) is 54.8 Å². The van der Waals surface area contributed by atoms with Crippen molar-refractivity contribution in [2.24, 2.45) is 11.3 Å². The second kappa shape index (κ2) is 11.4. The maximum atomic E-state index is 13.7. The van der Waals surface area contributed by atoms with E-state index in [4.69, 9.17) is 9.16 Å². The standard InChI is InChI=1S/C30H46N2O6SSi/c1-10-17-32(27(34)37-28(2,3)4)26-20-24(38-40(8,9)29(5,6)7)19-23-16-18-31(21-30(23,26)22-33)39(35,36)25-14-12-11-13-15-25/h10-15,20,22-23,26H,1,16-19,21H2,2-9H3/t23-,26-,30+/m0/s1. The first kappa shape index (κ1) is 32.1. The summed E-state index contributed by atoms with van der Waals surface area (Å²) in [5.74, 6) is 0.521. The van der Waals surface area contributed by atoms with Crippen LogP contribution in [0.3, 0.4) is 0 Å². The number of hydrogen-bond acceptors (Lipinski definition) is 6. The molecule has 0 unspecified atom stereocenters. The number of amides is 1. The Balaban J connectivity index is 2.15. The Morgan fingerprint density at radius 1 is 1.18 bits per heavy atom. The number of piperidine rings is 1. The zero-order chi connectivity index (χ0) is 30.1. The maximum absolute atomic E-state index is 13.7. The Morgan fingerprint density at radius 3 is 2.33 bits per heavy atom. The summed E-state index contributed by atoms with van der Waals surface area (Å²) in [5.41, 5.74) is -1.96. The van der Waals surface area contributed by atoms with E-state index >= 15 is 0 Å². The van der Waals surface area contributed by atoms with Crippen LogP contribution in [0.25, 0.3) is 0 Å². The van der Waals surface area contributed by atoms with Gasteiger partial charge in [0.05, 0.1) is 22.1 Å². The molecule has 8 nitrogen and oxygen atoms in total. The summed E-state index contributed by atoms with van der Waals surface area (Å²) < 4.78 is 41.2. The Kier molecular flexibility index (Phi) is 9.18. The van der Waals surface area contributed by atoms with Crippen LogP contribution >= 0.6 is 0 Å².